The predicted molar refractivity (Wildman–Crippen MR) is 83.3 cm³/mol. The van der Waals surface area contributed by atoms with Gasteiger partial charge in [-0.25, -0.2) is 9.82 Å². The van der Waals surface area contributed by atoms with E-state index in [2.05, 4.69) is 10.5 Å². The molecule has 1 amide bonds. The molecule has 0 aliphatic rings. The van der Waals surface area contributed by atoms with Crippen LogP contribution >= 0.6 is 11.6 Å². The van der Waals surface area contributed by atoms with Crippen LogP contribution in [0.4, 0.5) is 4.39 Å². The zero-order valence-electron chi connectivity index (χ0n) is 11.8. The number of hydrogen-bond acceptors (Lipinski definition) is 3. The third kappa shape index (κ3) is 3.90. The molecule has 0 saturated heterocycles. The van der Waals surface area contributed by atoms with Gasteiger partial charge in [0.15, 0.2) is 6.10 Å². The molecule has 0 radical (unpaired) electrons. The molecule has 2 aromatic carbocycles. The molecule has 0 heterocycles. The van der Waals surface area contributed by atoms with Crippen LogP contribution in [0.5, 0.6) is 0 Å². The van der Waals surface area contributed by atoms with Crippen LogP contribution in [0.25, 0.3) is 0 Å². The Morgan fingerprint density at radius 3 is 2.64 bits per heavy atom. The number of nitrogens with zero attached hydrogens (tertiary/aromatic N) is 1. The van der Waals surface area contributed by atoms with E-state index in [1.165, 1.54) is 25.3 Å². The first-order valence-electron chi connectivity index (χ1n) is 6.48. The van der Waals surface area contributed by atoms with Gasteiger partial charge in [-0.15, -0.1) is 0 Å². The van der Waals surface area contributed by atoms with Crippen LogP contribution in [0.3, 0.4) is 0 Å². The summed E-state index contributed by atoms with van der Waals surface area (Å²) in [6, 6.07) is 13.3. The highest BCUT2D eigenvalue weighted by atomic mass is 35.5. The summed E-state index contributed by atoms with van der Waals surface area (Å²) in [5.41, 5.74) is 3.12. The first-order chi connectivity index (χ1) is 10.6. The zero-order chi connectivity index (χ0) is 15.9. The lowest BCUT2D eigenvalue weighted by molar-refractivity contribution is -0.131. The summed E-state index contributed by atoms with van der Waals surface area (Å²) in [6.45, 7) is 0. The molecule has 0 aliphatic heterocycles. The van der Waals surface area contributed by atoms with Gasteiger partial charge < -0.3 is 4.74 Å². The number of carbonyl (C=O) groups is 1. The molecule has 2 aromatic rings. The first-order valence-corrected chi connectivity index (χ1v) is 6.86. The summed E-state index contributed by atoms with van der Waals surface area (Å²) in [4.78, 5) is 12.1. The van der Waals surface area contributed by atoms with Gasteiger partial charge in [0, 0.05) is 12.7 Å². The van der Waals surface area contributed by atoms with E-state index >= 15 is 0 Å². The van der Waals surface area contributed by atoms with E-state index in [1.54, 1.807) is 24.3 Å². The van der Waals surface area contributed by atoms with Crippen LogP contribution in [0, 0.1) is 5.82 Å². The third-order valence-electron chi connectivity index (χ3n) is 2.94. The van der Waals surface area contributed by atoms with Crippen LogP contribution in [0.2, 0.25) is 5.02 Å². The Hall–Kier alpha value is -2.24. The van der Waals surface area contributed by atoms with E-state index in [9.17, 15) is 9.18 Å². The Kier molecular flexibility index (Phi) is 5.63. The van der Waals surface area contributed by atoms with Crippen molar-refractivity contribution < 1.29 is 13.9 Å². The number of hydrazone groups is 1. The maximum atomic E-state index is 13.6. The monoisotopic (exact) mass is 320 g/mol. The molecule has 0 aliphatic carbocycles. The molecule has 0 fully saturated rings. The van der Waals surface area contributed by atoms with Gasteiger partial charge in [-0.2, -0.15) is 5.10 Å². The maximum Gasteiger partial charge on any atom is 0.273 e. The highest BCUT2D eigenvalue weighted by Crippen LogP contribution is 2.17. The lowest BCUT2D eigenvalue weighted by atomic mass is 10.1. The molecule has 6 heteroatoms. The number of hydrogen-bond donors (Lipinski definition) is 1. The summed E-state index contributed by atoms with van der Waals surface area (Å²) >= 11 is 5.86. The molecule has 114 valence electrons. The molecule has 22 heavy (non-hydrogen) atoms. The minimum absolute atomic E-state index is 0.109. The van der Waals surface area contributed by atoms with Crippen LogP contribution in [0.1, 0.15) is 17.2 Å². The van der Waals surface area contributed by atoms with Crippen LogP contribution in [0.15, 0.2) is 53.6 Å². The van der Waals surface area contributed by atoms with Gasteiger partial charge in [-0.3, -0.25) is 4.79 Å². The number of methoxy groups -OCH3 is 1. The lowest BCUT2D eigenvalue weighted by Crippen LogP contribution is -2.26. The van der Waals surface area contributed by atoms with Crippen LogP contribution < -0.4 is 5.43 Å². The Bertz CT molecular complexity index is 657. The molecular weight excluding hydrogens is 307 g/mol. The van der Waals surface area contributed by atoms with Crippen molar-refractivity contribution in [1.29, 1.82) is 0 Å². The summed E-state index contributed by atoms with van der Waals surface area (Å²) in [7, 11) is 1.43. The summed E-state index contributed by atoms with van der Waals surface area (Å²) in [6.07, 6.45) is 0.363. The second-order valence-corrected chi connectivity index (χ2v) is 4.80. The topological polar surface area (TPSA) is 50.7 Å². The van der Waals surface area contributed by atoms with Gasteiger partial charge in [0.25, 0.3) is 5.91 Å². The quantitative estimate of drug-likeness (QED) is 0.678. The predicted octanol–water partition coefficient (Wildman–Crippen LogP) is 3.32. The number of carbonyl (C=O) groups excluding carboxylic acids is 1. The standard InChI is InChI=1S/C16H14ClFN2O2/c1-22-15(11-6-3-2-4-7-11)16(21)20-19-10-12-13(17)8-5-9-14(12)18/h2-10,15H,1H3,(H,20,21)/b19-10-/t15-/m1/s1. The average Bonchev–Trinajstić information content (AvgIpc) is 2.52. The summed E-state index contributed by atoms with van der Waals surface area (Å²) in [5, 5.41) is 3.94. The van der Waals surface area contributed by atoms with E-state index in [0.29, 0.717) is 5.56 Å². The van der Waals surface area contributed by atoms with Gasteiger partial charge in [0.2, 0.25) is 0 Å². The first kappa shape index (κ1) is 16.1. The Morgan fingerprint density at radius 2 is 2.00 bits per heavy atom. The second kappa shape index (κ2) is 7.68. The third-order valence-corrected chi connectivity index (χ3v) is 3.27. The number of amides is 1. The molecule has 1 atom stereocenters. The van der Waals surface area contributed by atoms with Crippen molar-refractivity contribution in [2.75, 3.05) is 7.11 Å². The number of benzene rings is 2. The minimum atomic E-state index is -0.797. The molecule has 1 N–H and O–H groups in total. The second-order valence-electron chi connectivity index (χ2n) is 4.40. The fraction of sp³-hybridized carbons (Fsp3) is 0.125. The smallest absolute Gasteiger partial charge is 0.273 e. The fourth-order valence-corrected chi connectivity index (χ4v) is 2.09. The molecule has 0 bridgehead atoms. The average molecular weight is 321 g/mol. The summed E-state index contributed by atoms with van der Waals surface area (Å²) < 4.78 is 18.7. The van der Waals surface area contributed by atoms with Crippen molar-refractivity contribution in [3.8, 4) is 0 Å². The minimum Gasteiger partial charge on any atom is -0.367 e. The van der Waals surface area contributed by atoms with E-state index in [1.807, 2.05) is 6.07 Å². The number of nitrogens with one attached hydrogen (secondary N) is 1. The van der Waals surface area contributed by atoms with Crippen LogP contribution in [-0.4, -0.2) is 19.2 Å². The summed E-state index contributed by atoms with van der Waals surface area (Å²) in [5.74, 6) is -0.978. The van der Waals surface area contributed by atoms with Crippen molar-refractivity contribution in [1.82, 2.24) is 5.43 Å². The molecular formula is C16H14ClFN2O2. The SMILES string of the molecule is CO[C@@H](C(=O)N/N=C\c1c(F)cccc1Cl)c1ccccc1. The van der Waals surface area contributed by atoms with Crippen molar-refractivity contribution in [2.24, 2.45) is 5.10 Å². The fourth-order valence-electron chi connectivity index (χ4n) is 1.88. The Labute approximate surface area is 132 Å². The number of ether oxygens (including phenoxy) is 1. The molecule has 0 aromatic heterocycles. The zero-order valence-corrected chi connectivity index (χ0v) is 12.5. The van der Waals surface area contributed by atoms with Gasteiger partial charge >= 0.3 is 0 Å². The van der Waals surface area contributed by atoms with Crippen molar-refractivity contribution in [3.05, 3.63) is 70.5 Å². The highest BCUT2D eigenvalue weighted by Gasteiger charge is 2.19. The molecule has 0 spiro atoms. The Morgan fingerprint density at radius 1 is 1.27 bits per heavy atom. The van der Waals surface area contributed by atoms with Gasteiger partial charge in [0.05, 0.1) is 11.2 Å². The van der Waals surface area contributed by atoms with Crippen molar-refractivity contribution >= 4 is 23.7 Å². The molecule has 2 rings (SSSR count). The van der Waals surface area contributed by atoms with E-state index in [0.717, 1.165) is 6.21 Å². The molecule has 4 nitrogen and oxygen atoms in total. The Balaban J connectivity index is 2.07. The number of rotatable bonds is 5. The van der Waals surface area contributed by atoms with Gasteiger partial charge in [0.1, 0.15) is 5.82 Å². The maximum absolute atomic E-state index is 13.6. The van der Waals surface area contributed by atoms with E-state index < -0.39 is 17.8 Å². The largest absolute Gasteiger partial charge is 0.367 e. The molecule has 0 saturated carbocycles. The van der Waals surface area contributed by atoms with Crippen molar-refractivity contribution in [3.63, 3.8) is 0 Å². The van der Waals surface area contributed by atoms with Crippen molar-refractivity contribution in [2.45, 2.75) is 6.10 Å². The normalized spacial score (nSPS) is 12.3. The lowest BCUT2D eigenvalue weighted by Gasteiger charge is -2.13. The van der Waals surface area contributed by atoms with E-state index in [-0.39, 0.29) is 10.6 Å². The van der Waals surface area contributed by atoms with Crippen LogP contribution in [-0.2, 0) is 9.53 Å². The highest BCUT2D eigenvalue weighted by molar-refractivity contribution is 6.33. The molecule has 0 unspecified atom stereocenters. The number of halogens is 2. The van der Waals surface area contributed by atoms with E-state index in [4.69, 9.17) is 16.3 Å². The van der Waals surface area contributed by atoms with Gasteiger partial charge in [-0.1, -0.05) is 48.0 Å². The van der Waals surface area contributed by atoms with Gasteiger partial charge in [-0.05, 0) is 17.7 Å².